The number of methoxy groups -OCH3 is 1. The Morgan fingerprint density at radius 3 is 2.47 bits per heavy atom. The fourth-order valence-corrected chi connectivity index (χ4v) is 4.45. The number of rotatable bonds is 7. The molecule has 0 radical (unpaired) electrons. The number of nitrogens with one attached hydrogen (secondary N) is 1. The molecule has 0 bridgehead atoms. The number of ether oxygens (including phenoxy) is 1. The maximum Gasteiger partial charge on any atom is 0.230 e. The number of amides is 1. The molecule has 0 spiro atoms. The number of carbonyl (C=O) groups excluding carboxylic acids is 1. The molecule has 1 aliphatic carbocycles. The molecule has 4 rings (SSSR count). The van der Waals surface area contributed by atoms with Crippen LogP contribution in [-0.2, 0) is 4.79 Å². The number of benzene rings is 2. The molecule has 156 valence electrons. The molecule has 30 heavy (non-hydrogen) atoms. The molecular formula is C23H26N4O2S. The first kappa shape index (κ1) is 20.5. The van der Waals surface area contributed by atoms with Gasteiger partial charge in [0.25, 0.3) is 0 Å². The van der Waals surface area contributed by atoms with E-state index in [1.54, 1.807) is 7.11 Å². The van der Waals surface area contributed by atoms with E-state index in [9.17, 15) is 4.79 Å². The lowest BCUT2D eigenvalue weighted by Gasteiger charge is -2.13. The molecule has 6 nitrogen and oxygen atoms in total. The van der Waals surface area contributed by atoms with Crippen LogP contribution in [0.5, 0.6) is 5.75 Å². The third-order valence-corrected chi connectivity index (χ3v) is 6.26. The lowest BCUT2D eigenvalue weighted by atomic mass is 10.1. The van der Waals surface area contributed by atoms with Crippen molar-refractivity contribution in [3.63, 3.8) is 0 Å². The van der Waals surface area contributed by atoms with Crippen LogP contribution in [0.1, 0.15) is 31.2 Å². The van der Waals surface area contributed by atoms with Gasteiger partial charge in [0.1, 0.15) is 5.75 Å². The van der Waals surface area contributed by atoms with E-state index < -0.39 is 0 Å². The number of hydrogen-bond acceptors (Lipinski definition) is 5. The van der Waals surface area contributed by atoms with E-state index in [2.05, 4.69) is 34.6 Å². The van der Waals surface area contributed by atoms with Crippen molar-refractivity contribution in [3.05, 3.63) is 54.1 Å². The Hall–Kier alpha value is -2.80. The van der Waals surface area contributed by atoms with Crippen molar-refractivity contribution < 1.29 is 9.53 Å². The molecule has 1 N–H and O–H groups in total. The standard InChI is InChI=1S/C23H26N4O2S/c1-16-7-9-17(10-8-16)22-25-26-23(27(22)19-11-13-20(29-2)14-12-19)30-15-21(28)24-18-5-3-4-6-18/h7-14,18H,3-6,15H2,1-2H3,(H,24,28). The van der Waals surface area contributed by atoms with Crippen molar-refractivity contribution >= 4 is 17.7 Å². The quantitative estimate of drug-likeness (QED) is 0.572. The second kappa shape index (κ2) is 9.34. The molecule has 0 atom stereocenters. The van der Waals surface area contributed by atoms with Crippen molar-refractivity contribution in [2.75, 3.05) is 12.9 Å². The molecule has 1 aromatic heterocycles. The van der Waals surface area contributed by atoms with Gasteiger partial charge in [-0.2, -0.15) is 0 Å². The summed E-state index contributed by atoms with van der Waals surface area (Å²) < 4.78 is 7.29. The van der Waals surface area contributed by atoms with Crippen LogP contribution in [0.15, 0.2) is 53.7 Å². The first-order chi connectivity index (χ1) is 14.6. The van der Waals surface area contributed by atoms with Crippen molar-refractivity contribution in [2.24, 2.45) is 0 Å². The molecule has 1 fully saturated rings. The molecule has 7 heteroatoms. The van der Waals surface area contributed by atoms with Gasteiger partial charge in [-0.05, 0) is 44.0 Å². The summed E-state index contributed by atoms with van der Waals surface area (Å²) in [6, 6.07) is 16.3. The summed E-state index contributed by atoms with van der Waals surface area (Å²) in [5.74, 6) is 1.90. The zero-order chi connectivity index (χ0) is 20.9. The number of nitrogens with zero attached hydrogens (tertiary/aromatic N) is 3. The minimum Gasteiger partial charge on any atom is -0.497 e. The molecule has 1 amide bonds. The van der Waals surface area contributed by atoms with Gasteiger partial charge < -0.3 is 10.1 Å². The van der Waals surface area contributed by atoms with E-state index in [1.807, 2.05) is 41.0 Å². The topological polar surface area (TPSA) is 69.0 Å². The van der Waals surface area contributed by atoms with E-state index in [0.717, 1.165) is 35.7 Å². The fraction of sp³-hybridized carbons (Fsp3) is 0.348. The van der Waals surface area contributed by atoms with Gasteiger partial charge in [-0.3, -0.25) is 9.36 Å². The molecule has 1 saturated carbocycles. The van der Waals surface area contributed by atoms with E-state index in [-0.39, 0.29) is 5.91 Å². The van der Waals surface area contributed by atoms with Crippen LogP contribution in [0.4, 0.5) is 0 Å². The number of aryl methyl sites for hydroxylation is 1. The van der Waals surface area contributed by atoms with Gasteiger partial charge in [-0.15, -0.1) is 10.2 Å². The van der Waals surface area contributed by atoms with Gasteiger partial charge in [0.15, 0.2) is 11.0 Å². The minimum absolute atomic E-state index is 0.0491. The van der Waals surface area contributed by atoms with Gasteiger partial charge in [0, 0.05) is 17.3 Å². The third-order valence-electron chi connectivity index (χ3n) is 5.33. The monoisotopic (exact) mass is 422 g/mol. The Morgan fingerprint density at radius 1 is 1.10 bits per heavy atom. The van der Waals surface area contributed by atoms with Gasteiger partial charge in [0.05, 0.1) is 12.9 Å². The lowest BCUT2D eigenvalue weighted by molar-refractivity contribution is -0.119. The maximum atomic E-state index is 12.4. The lowest BCUT2D eigenvalue weighted by Crippen LogP contribution is -2.33. The average molecular weight is 423 g/mol. The second-order valence-corrected chi connectivity index (χ2v) is 8.49. The van der Waals surface area contributed by atoms with Crippen LogP contribution >= 0.6 is 11.8 Å². The average Bonchev–Trinajstić information content (AvgIpc) is 3.43. The third kappa shape index (κ3) is 4.67. The Kier molecular flexibility index (Phi) is 6.38. The van der Waals surface area contributed by atoms with Gasteiger partial charge in [-0.25, -0.2) is 0 Å². The number of aromatic nitrogens is 3. The van der Waals surface area contributed by atoms with Crippen LogP contribution < -0.4 is 10.1 Å². The van der Waals surface area contributed by atoms with Crippen molar-refractivity contribution in [1.82, 2.24) is 20.1 Å². The predicted molar refractivity (Wildman–Crippen MR) is 119 cm³/mol. The predicted octanol–water partition coefficient (Wildman–Crippen LogP) is 4.40. The smallest absolute Gasteiger partial charge is 0.230 e. The fourth-order valence-electron chi connectivity index (χ4n) is 3.69. The summed E-state index contributed by atoms with van der Waals surface area (Å²) in [5.41, 5.74) is 3.09. The highest BCUT2D eigenvalue weighted by Gasteiger charge is 2.20. The SMILES string of the molecule is COc1ccc(-n2c(SCC(=O)NC3CCCC3)nnc2-c2ccc(C)cc2)cc1. The van der Waals surface area contributed by atoms with Crippen molar-refractivity contribution in [3.8, 4) is 22.8 Å². The Balaban J connectivity index is 1.60. The number of thioether (sulfide) groups is 1. The molecule has 0 aliphatic heterocycles. The molecule has 3 aromatic rings. The van der Waals surface area contributed by atoms with Crippen molar-refractivity contribution in [1.29, 1.82) is 0 Å². The van der Waals surface area contributed by atoms with E-state index in [1.165, 1.54) is 30.2 Å². The minimum atomic E-state index is 0.0491. The van der Waals surface area contributed by atoms with Crippen LogP contribution in [0, 0.1) is 6.92 Å². The maximum absolute atomic E-state index is 12.4. The summed E-state index contributed by atoms with van der Waals surface area (Å²) in [6.07, 6.45) is 4.56. The summed E-state index contributed by atoms with van der Waals surface area (Å²) in [7, 11) is 1.65. The highest BCUT2D eigenvalue weighted by atomic mass is 32.2. The molecular weight excluding hydrogens is 396 g/mol. The van der Waals surface area contributed by atoms with Crippen LogP contribution in [0.3, 0.4) is 0 Å². The summed E-state index contributed by atoms with van der Waals surface area (Å²) in [5, 5.41) is 12.7. The Morgan fingerprint density at radius 2 is 1.80 bits per heavy atom. The first-order valence-corrected chi connectivity index (χ1v) is 11.2. The van der Waals surface area contributed by atoms with E-state index in [0.29, 0.717) is 17.0 Å². The molecule has 2 aromatic carbocycles. The van der Waals surface area contributed by atoms with Crippen molar-refractivity contribution in [2.45, 2.75) is 43.8 Å². The van der Waals surface area contributed by atoms with E-state index >= 15 is 0 Å². The van der Waals surface area contributed by atoms with Gasteiger partial charge in [-0.1, -0.05) is 54.4 Å². The van der Waals surface area contributed by atoms with E-state index in [4.69, 9.17) is 4.74 Å². The van der Waals surface area contributed by atoms with Crippen LogP contribution in [-0.4, -0.2) is 39.6 Å². The highest BCUT2D eigenvalue weighted by molar-refractivity contribution is 7.99. The summed E-state index contributed by atoms with van der Waals surface area (Å²) in [4.78, 5) is 12.4. The number of carbonyl (C=O) groups is 1. The highest BCUT2D eigenvalue weighted by Crippen LogP contribution is 2.29. The summed E-state index contributed by atoms with van der Waals surface area (Å²) in [6.45, 7) is 2.06. The summed E-state index contributed by atoms with van der Waals surface area (Å²) >= 11 is 1.41. The number of hydrogen-bond donors (Lipinski definition) is 1. The zero-order valence-corrected chi connectivity index (χ0v) is 18.1. The largest absolute Gasteiger partial charge is 0.497 e. The first-order valence-electron chi connectivity index (χ1n) is 10.2. The molecule has 0 unspecified atom stereocenters. The Labute approximate surface area is 181 Å². The van der Waals surface area contributed by atoms with Gasteiger partial charge >= 0.3 is 0 Å². The molecule has 1 aliphatic rings. The molecule has 1 heterocycles. The van der Waals surface area contributed by atoms with Gasteiger partial charge in [0.2, 0.25) is 5.91 Å². The van der Waals surface area contributed by atoms with Crippen LogP contribution in [0.2, 0.25) is 0 Å². The molecule has 0 saturated heterocycles. The zero-order valence-electron chi connectivity index (χ0n) is 17.3. The normalized spacial score (nSPS) is 14.1. The second-order valence-electron chi connectivity index (χ2n) is 7.54. The Bertz CT molecular complexity index is 993. The van der Waals surface area contributed by atoms with Crippen LogP contribution in [0.25, 0.3) is 17.1 Å².